The maximum atomic E-state index is 12.0. The molecule has 20 heavy (non-hydrogen) atoms. The summed E-state index contributed by atoms with van der Waals surface area (Å²) in [5, 5.41) is 4.15. The van der Waals surface area contributed by atoms with Gasteiger partial charge in [0.25, 0.3) is 0 Å². The molecule has 2 saturated carbocycles. The fourth-order valence-corrected chi connectivity index (χ4v) is 2.94. The highest BCUT2D eigenvalue weighted by Crippen LogP contribution is 2.65. The molecule has 3 nitrogen and oxygen atoms in total. The Kier molecular flexibility index (Phi) is 3.43. The van der Waals surface area contributed by atoms with Crippen LogP contribution < -0.4 is 5.43 Å². The monoisotopic (exact) mass is 268 g/mol. The van der Waals surface area contributed by atoms with E-state index in [0.29, 0.717) is 5.41 Å². The molecule has 0 aliphatic heterocycles. The van der Waals surface area contributed by atoms with Gasteiger partial charge in [0.2, 0.25) is 5.91 Å². The Hall–Kier alpha value is -1.90. The Labute approximate surface area is 119 Å². The number of rotatable bonds is 4. The second-order valence-corrected chi connectivity index (χ2v) is 5.95. The predicted octanol–water partition coefficient (Wildman–Crippen LogP) is 3.38. The minimum atomic E-state index is 0.0946. The number of benzene rings is 1. The zero-order valence-corrected chi connectivity index (χ0v) is 11.8. The van der Waals surface area contributed by atoms with E-state index in [-0.39, 0.29) is 11.8 Å². The van der Waals surface area contributed by atoms with Crippen LogP contribution in [0.25, 0.3) is 6.08 Å². The van der Waals surface area contributed by atoms with Crippen LogP contribution in [0.4, 0.5) is 0 Å². The molecule has 3 rings (SSSR count). The van der Waals surface area contributed by atoms with Gasteiger partial charge in [-0.2, -0.15) is 5.10 Å². The number of hydrogen-bond acceptors (Lipinski definition) is 2. The van der Waals surface area contributed by atoms with Gasteiger partial charge in [0.1, 0.15) is 0 Å². The molecule has 0 heterocycles. The van der Waals surface area contributed by atoms with Crippen LogP contribution in [0.5, 0.6) is 0 Å². The molecule has 0 saturated heterocycles. The Morgan fingerprint density at radius 1 is 1.35 bits per heavy atom. The summed E-state index contributed by atoms with van der Waals surface area (Å²) < 4.78 is 0. The van der Waals surface area contributed by atoms with Gasteiger partial charge in [-0.05, 0) is 43.2 Å². The number of carbonyl (C=O) groups is 1. The van der Waals surface area contributed by atoms with Crippen molar-refractivity contribution in [3.63, 3.8) is 0 Å². The van der Waals surface area contributed by atoms with Crippen LogP contribution in [-0.4, -0.2) is 11.6 Å². The quantitative estimate of drug-likeness (QED) is 0.660. The fraction of sp³-hybridized carbons (Fsp3) is 0.412. The van der Waals surface area contributed by atoms with Gasteiger partial charge in [-0.15, -0.1) is 0 Å². The highest BCUT2D eigenvalue weighted by molar-refractivity contribution is 5.97. The molecule has 0 bridgehead atoms. The maximum absolute atomic E-state index is 12.0. The van der Waals surface area contributed by atoms with Crippen molar-refractivity contribution in [2.75, 3.05) is 0 Å². The van der Waals surface area contributed by atoms with Crippen LogP contribution >= 0.6 is 0 Å². The standard InChI is InChI=1S/C17H20N2O/c1-13(8-9-14-6-3-2-4-7-14)18-19-16(20)15-12-17(15)10-5-11-17/h2-4,6-9,15H,5,10-12H2,1H3,(H,19,20)/b9-8+,18-13-/t15-/m1/s1. The first kappa shape index (κ1) is 13.1. The van der Waals surface area contributed by atoms with Crippen molar-refractivity contribution < 1.29 is 4.79 Å². The molecule has 1 aromatic rings. The molecule has 1 N–H and O–H groups in total. The van der Waals surface area contributed by atoms with Crippen molar-refractivity contribution in [1.82, 2.24) is 5.43 Å². The lowest BCUT2D eigenvalue weighted by atomic mass is 9.80. The van der Waals surface area contributed by atoms with Crippen LogP contribution in [0.1, 0.15) is 38.2 Å². The van der Waals surface area contributed by atoms with Gasteiger partial charge in [-0.25, -0.2) is 5.43 Å². The van der Waals surface area contributed by atoms with Gasteiger partial charge >= 0.3 is 0 Å². The first-order valence-corrected chi connectivity index (χ1v) is 7.27. The lowest BCUT2D eigenvalue weighted by Gasteiger charge is -2.25. The summed E-state index contributed by atoms with van der Waals surface area (Å²) in [5.74, 6) is 0.308. The summed E-state index contributed by atoms with van der Waals surface area (Å²) in [6.45, 7) is 1.89. The summed E-state index contributed by atoms with van der Waals surface area (Å²) in [7, 11) is 0. The van der Waals surface area contributed by atoms with E-state index in [1.165, 1.54) is 19.3 Å². The van der Waals surface area contributed by atoms with E-state index < -0.39 is 0 Å². The number of hydrogen-bond donors (Lipinski definition) is 1. The molecular weight excluding hydrogens is 248 g/mol. The van der Waals surface area contributed by atoms with Crippen molar-refractivity contribution in [3.05, 3.63) is 42.0 Å². The fourth-order valence-electron chi connectivity index (χ4n) is 2.94. The van der Waals surface area contributed by atoms with Gasteiger partial charge in [-0.3, -0.25) is 4.79 Å². The van der Waals surface area contributed by atoms with Crippen LogP contribution in [-0.2, 0) is 4.79 Å². The van der Waals surface area contributed by atoms with Gasteiger partial charge in [0.05, 0.1) is 5.71 Å². The van der Waals surface area contributed by atoms with Gasteiger partial charge in [0.15, 0.2) is 0 Å². The minimum Gasteiger partial charge on any atom is -0.273 e. The van der Waals surface area contributed by atoms with E-state index in [9.17, 15) is 4.79 Å². The molecule has 1 atom stereocenters. The number of allylic oxidation sites excluding steroid dienone is 1. The van der Waals surface area contributed by atoms with Gasteiger partial charge < -0.3 is 0 Å². The Balaban J connectivity index is 1.51. The van der Waals surface area contributed by atoms with Crippen LogP contribution in [0, 0.1) is 11.3 Å². The van der Waals surface area contributed by atoms with Crippen molar-refractivity contribution >= 4 is 17.7 Å². The van der Waals surface area contributed by atoms with E-state index in [1.807, 2.05) is 49.4 Å². The van der Waals surface area contributed by atoms with Crippen molar-refractivity contribution in [3.8, 4) is 0 Å². The third-order valence-corrected chi connectivity index (χ3v) is 4.51. The van der Waals surface area contributed by atoms with E-state index in [2.05, 4.69) is 10.5 Å². The molecule has 2 aliphatic rings. The first-order chi connectivity index (χ1) is 9.70. The summed E-state index contributed by atoms with van der Waals surface area (Å²) in [5.41, 5.74) is 5.01. The SMILES string of the molecule is CC(/C=C/c1ccccc1)=N/NC(=O)[C@H]1CC12CCC2. The van der Waals surface area contributed by atoms with E-state index in [1.54, 1.807) is 0 Å². The maximum Gasteiger partial charge on any atom is 0.243 e. The highest BCUT2D eigenvalue weighted by atomic mass is 16.2. The Morgan fingerprint density at radius 2 is 2.10 bits per heavy atom. The minimum absolute atomic E-state index is 0.0946. The summed E-state index contributed by atoms with van der Waals surface area (Å²) in [4.78, 5) is 12.0. The van der Waals surface area contributed by atoms with E-state index in [0.717, 1.165) is 17.7 Å². The smallest absolute Gasteiger partial charge is 0.243 e. The molecule has 2 aliphatic carbocycles. The van der Waals surface area contributed by atoms with Crippen LogP contribution in [0.3, 0.4) is 0 Å². The molecule has 1 spiro atoms. The Morgan fingerprint density at radius 3 is 2.70 bits per heavy atom. The van der Waals surface area contributed by atoms with Crippen molar-refractivity contribution in [2.45, 2.75) is 32.6 Å². The van der Waals surface area contributed by atoms with Gasteiger partial charge in [-0.1, -0.05) is 42.8 Å². The molecule has 0 radical (unpaired) electrons. The summed E-state index contributed by atoms with van der Waals surface area (Å²) in [6.07, 6.45) is 8.71. The third-order valence-electron chi connectivity index (χ3n) is 4.51. The predicted molar refractivity (Wildman–Crippen MR) is 81.1 cm³/mol. The molecule has 2 fully saturated rings. The molecule has 1 amide bonds. The number of nitrogens with one attached hydrogen (secondary N) is 1. The van der Waals surface area contributed by atoms with Crippen molar-refractivity contribution in [1.29, 1.82) is 0 Å². The van der Waals surface area contributed by atoms with Crippen molar-refractivity contribution in [2.24, 2.45) is 16.4 Å². The molecular formula is C17H20N2O. The second kappa shape index (κ2) is 5.23. The highest BCUT2D eigenvalue weighted by Gasteiger charge is 2.60. The van der Waals surface area contributed by atoms with E-state index in [4.69, 9.17) is 0 Å². The zero-order valence-electron chi connectivity index (χ0n) is 11.8. The normalized spacial score (nSPS) is 23.6. The zero-order chi connectivity index (χ0) is 14.0. The van der Waals surface area contributed by atoms with Gasteiger partial charge in [0, 0.05) is 5.92 Å². The lowest BCUT2D eigenvalue weighted by Crippen LogP contribution is -2.26. The number of hydrazone groups is 1. The third kappa shape index (κ3) is 2.67. The largest absolute Gasteiger partial charge is 0.273 e. The Bertz CT molecular complexity index is 556. The molecule has 1 aromatic carbocycles. The molecule has 0 unspecified atom stereocenters. The topological polar surface area (TPSA) is 41.5 Å². The average Bonchev–Trinajstić information content (AvgIpc) is 3.20. The summed E-state index contributed by atoms with van der Waals surface area (Å²) >= 11 is 0. The van der Waals surface area contributed by atoms with E-state index >= 15 is 0 Å². The molecule has 0 aromatic heterocycles. The average molecular weight is 268 g/mol. The molecule has 104 valence electrons. The number of amides is 1. The first-order valence-electron chi connectivity index (χ1n) is 7.27. The van der Waals surface area contributed by atoms with Crippen LogP contribution in [0.2, 0.25) is 0 Å². The summed E-state index contributed by atoms with van der Waals surface area (Å²) in [6, 6.07) is 10.1. The van der Waals surface area contributed by atoms with Crippen LogP contribution in [0.15, 0.2) is 41.5 Å². The second-order valence-electron chi connectivity index (χ2n) is 5.95. The lowest BCUT2D eigenvalue weighted by molar-refractivity contribution is -0.123. The number of carbonyl (C=O) groups excluding carboxylic acids is 1. The molecule has 3 heteroatoms. The number of nitrogens with zero attached hydrogens (tertiary/aromatic N) is 1.